The van der Waals surface area contributed by atoms with Crippen LogP contribution < -0.4 is 0 Å². The fourth-order valence-electron chi connectivity index (χ4n) is 7.12. The summed E-state index contributed by atoms with van der Waals surface area (Å²) in [7, 11) is 0. The summed E-state index contributed by atoms with van der Waals surface area (Å²) in [6, 6.07) is 0. The van der Waals surface area contributed by atoms with Crippen LogP contribution in [0.5, 0.6) is 0 Å². The van der Waals surface area contributed by atoms with Gasteiger partial charge in [0, 0.05) is 24.7 Å². The topological polar surface area (TPSA) is 35.5 Å². The summed E-state index contributed by atoms with van der Waals surface area (Å²) in [5.74, 6) is 3.71. The van der Waals surface area contributed by atoms with E-state index in [1.165, 1.54) is 18.4 Å². The average molecular weight is 316 g/mol. The van der Waals surface area contributed by atoms with Crippen LogP contribution in [0.25, 0.3) is 0 Å². The third-order valence-corrected chi connectivity index (χ3v) is 7.64. The first kappa shape index (κ1) is 14.7. The first-order chi connectivity index (χ1) is 11.1. The normalized spacial score (nSPS) is 50.9. The van der Waals surface area contributed by atoms with E-state index in [1.54, 1.807) is 0 Å². The lowest BCUT2D eigenvalue weighted by molar-refractivity contribution is -0.203. The first-order valence-corrected chi connectivity index (χ1v) is 9.54. The maximum absolute atomic E-state index is 13.0. The molecule has 4 aliphatic carbocycles. The Morgan fingerprint density at radius 3 is 2.61 bits per heavy atom. The minimum Gasteiger partial charge on any atom is -0.347 e. The van der Waals surface area contributed by atoms with E-state index in [1.807, 2.05) is 0 Å². The molecule has 5 aliphatic rings. The van der Waals surface area contributed by atoms with E-state index >= 15 is 0 Å². The number of ketones is 1. The number of ether oxygens (including phenoxy) is 2. The molecule has 0 radical (unpaired) electrons. The van der Waals surface area contributed by atoms with E-state index in [-0.39, 0.29) is 5.92 Å². The molecule has 1 spiro atoms. The number of hydrogen-bond donors (Lipinski definition) is 0. The van der Waals surface area contributed by atoms with Crippen molar-refractivity contribution < 1.29 is 14.3 Å². The SMILES string of the molecule is C=C1CC2CC(=O)C(C3C4CC(C)CC4CC34OCCO4)C2C1. The highest BCUT2D eigenvalue weighted by atomic mass is 16.7. The lowest BCUT2D eigenvalue weighted by atomic mass is 9.73. The van der Waals surface area contributed by atoms with Gasteiger partial charge < -0.3 is 9.47 Å². The molecule has 1 aliphatic heterocycles. The smallest absolute Gasteiger partial charge is 0.172 e. The predicted molar refractivity (Wildman–Crippen MR) is 86.6 cm³/mol. The maximum atomic E-state index is 13.0. The van der Waals surface area contributed by atoms with Crippen LogP contribution in [0.3, 0.4) is 0 Å². The van der Waals surface area contributed by atoms with Crippen molar-refractivity contribution >= 4 is 5.78 Å². The molecule has 0 N–H and O–H groups in total. The van der Waals surface area contributed by atoms with Crippen molar-refractivity contribution in [3.63, 3.8) is 0 Å². The highest BCUT2D eigenvalue weighted by molar-refractivity contribution is 5.85. The van der Waals surface area contributed by atoms with Crippen molar-refractivity contribution in [2.75, 3.05) is 13.2 Å². The van der Waals surface area contributed by atoms with Gasteiger partial charge in [-0.15, -0.1) is 0 Å². The number of allylic oxidation sites excluding steroid dienone is 1. The number of fused-ring (bicyclic) bond motifs is 2. The van der Waals surface area contributed by atoms with E-state index in [4.69, 9.17) is 9.47 Å². The Hall–Kier alpha value is -0.670. The zero-order valence-corrected chi connectivity index (χ0v) is 14.1. The Bertz CT molecular complexity index is 547. The second kappa shape index (κ2) is 4.92. The summed E-state index contributed by atoms with van der Waals surface area (Å²) < 4.78 is 12.4. The Balaban J connectivity index is 1.53. The number of carbonyl (C=O) groups is 1. The average Bonchev–Trinajstić information content (AvgIpc) is 3.23. The van der Waals surface area contributed by atoms with Gasteiger partial charge in [0.25, 0.3) is 0 Å². The molecule has 0 aromatic carbocycles. The maximum Gasteiger partial charge on any atom is 0.172 e. The molecule has 5 rings (SSSR count). The fraction of sp³-hybridized carbons (Fsp3) is 0.850. The molecule has 126 valence electrons. The van der Waals surface area contributed by atoms with Gasteiger partial charge in [-0.1, -0.05) is 19.1 Å². The highest BCUT2D eigenvalue weighted by Gasteiger charge is 2.65. The number of rotatable bonds is 1. The van der Waals surface area contributed by atoms with Crippen LogP contribution in [0, 0.1) is 41.4 Å². The van der Waals surface area contributed by atoms with Crippen molar-refractivity contribution in [3.8, 4) is 0 Å². The van der Waals surface area contributed by atoms with Crippen molar-refractivity contribution in [3.05, 3.63) is 12.2 Å². The molecular weight excluding hydrogens is 288 g/mol. The quantitative estimate of drug-likeness (QED) is 0.694. The first-order valence-electron chi connectivity index (χ1n) is 9.54. The molecule has 1 saturated heterocycles. The van der Waals surface area contributed by atoms with Crippen LogP contribution in [0.4, 0.5) is 0 Å². The summed E-state index contributed by atoms with van der Waals surface area (Å²) in [5.41, 5.74) is 1.36. The summed E-state index contributed by atoms with van der Waals surface area (Å²) in [6.45, 7) is 7.99. The third kappa shape index (κ3) is 1.99. The van der Waals surface area contributed by atoms with Gasteiger partial charge in [0.15, 0.2) is 5.79 Å². The van der Waals surface area contributed by atoms with Crippen molar-refractivity contribution in [2.24, 2.45) is 41.4 Å². The van der Waals surface area contributed by atoms with Gasteiger partial charge >= 0.3 is 0 Å². The number of hydrogen-bond acceptors (Lipinski definition) is 3. The zero-order chi connectivity index (χ0) is 15.8. The molecule has 1 heterocycles. The van der Waals surface area contributed by atoms with E-state index in [0.29, 0.717) is 48.6 Å². The Kier molecular flexibility index (Phi) is 3.13. The van der Waals surface area contributed by atoms with Crippen LogP contribution in [-0.2, 0) is 14.3 Å². The fourth-order valence-corrected chi connectivity index (χ4v) is 7.12. The standard InChI is InChI=1S/C20H28O3/c1-11-5-13-9-17(21)18(15(13)7-11)19-16-8-12(2)6-14(16)10-20(19)22-3-4-23-20/h12-16,18-19H,1,3-10H2,2H3. The van der Waals surface area contributed by atoms with Crippen molar-refractivity contribution in [1.29, 1.82) is 0 Å². The van der Waals surface area contributed by atoms with Crippen molar-refractivity contribution in [1.82, 2.24) is 0 Å². The van der Waals surface area contributed by atoms with Crippen LogP contribution in [0.1, 0.15) is 45.4 Å². The Morgan fingerprint density at radius 1 is 1.04 bits per heavy atom. The molecule has 3 heteroatoms. The van der Waals surface area contributed by atoms with E-state index in [0.717, 1.165) is 31.6 Å². The molecule has 5 fully saturated rings. The predicted octanol–water partition coefficient (Wildman–Crippen LogP) is 3.58. The van der Waals surface area contributed by atoms with Gasteiger partial charge in [-0.25, -0.2) is 0 Å². The van der Waals surface area contributed by atoms with Crippen LogP contribution >= 0.6 is 0 Å². The molecule has 7 atom stereocenters. The van der Waals surface area contributed by atoms with Gasteiger partial charge in [0.1, 0.15) is 5.78 Å². The molecule has 0 aromatic rings. The largest absolute Gasteiger partial charge is 0.347 e. The van der Waals surface area contributed by atoms with Crippen molar-refractivity contribution in [2.45, 2.75) is 51.2 Å². The second-order valence-corrected chi connectivity index (χ2v) is 9.02. The molecule has 0 bridgehead atoms. The minimum absolute atomic E-state index is 0.164. The van der Waals surface area contributed by atoms with E-state index in [2.05, 4.69) is 13.5 Å². The highest BCUT2D eigenvalue weighted by Crippen LogP contribution is 2.63. The molecule has 0 amide bonds. The molecule has 0 aromatic heterocycles. The molecule has 23 heavy (non-hydrogen) atoms. The van der Waals surface area contributed by atoms with Crippen LogP contribution in [-0.4, -0.2) is 24.8 Å². The molecule has 4 saturated carbocycles. The number of carbonyl (C=O) groups excluding carboxylic acids is 1. The van der Waals surface area contributed by atoms with E-state index < -0.39 is 5.79 Å². The number of Topliss-reactive ketones (excluding diaryl/α,β-unsaturated/α-hetero) is 1. The van der Waals surface area contributed by atoms with Gasteiger partial charge in [0.05, 0.1) is 13.2 Å². The van der Waals surface area contributed by atoms with Crippen LogP contribution in [0.2, 0.25) is 0 Å². The molecular formula is C20H28O3. The second-order valence-electron chi connectivity index (χ2n) is 9.02. The summed E-state index contributed by atoms with van der Waals surface area (Å²) >= 11 is 0. The third-order valence-electron chi connectivity index (χ3n) is 7.64. The summed E-state index contributed by atoms with van der Waals surface area (Å²) in [4.78, 5) is 13.0. The Labute approximate surface area is 138 Å². The lowest BCUT2D eigenvalue weighted by Crippen LogP contribution is -2.44. The van der Waals surface area contributed by atoms with Crippen LogP contribution in [0.15, 0.2) is 12.2 Å². The molecule has 3 nitrogen and oxygen atoms in total. The minimum atomic E-state index is -0.436. The zero-order valence-electron chi connectivity index (χ0n) is 14.1. The summed E-state index contributed by atoms with van der Waals surface area (Å²) in [6.07, 6.45) is 6.46. The van der Waals surface area contributed by atoms with Gasteiger partial charge in [-0.3, -0.25) is 4.79 Å². The molecule has 7 unspecified atom stereocenters. The lowest BCUT2D eigenvalue weighted by Gasteiger charge is -2.38. The van der Waals surface area contributed by atoms with Gasteiger partial charge in [0.2, 0.25) is 0 Å². The summed E-state index contributed by atoms with van der Waals surface area (Å²) in [5, 5.41) is 0. The Morgan fingerprint density at radius 2 is 1.83 bits per heavy atom. The van der Waals surface area contributed by atoms with Gasteiger partial charge in [-0.05, 0) is 55.3 Å². The monoisotopic (exact) mass is 316 g/mol. The van der Waals surface area contributed by atoms with Gasteiger partial charge in [-0.2, -0.15) is 0 Å². The van der Waals surface area contributed by atoms with E-state index in [9.17, 15) is 4.79 Å².